The van der Waals surface area contributed by atoms with Gasteiger partial charge in [-0.25, -0.2) is 0 Å². The lowest BCUT2D eigenvalue weighted by Crippen LogP contribution is -2.48. The number of amides is 2. The molecule has 27 heavy (non-hydrogen) atoms. The topological polar surface area (TPSA) is 40.6 Å². The minimum absolute atomic E-state index is 0.148. The van der Waals surface area contributed by atoms with Crippen LogP contribution in [-0.4, -0.2) is 54.0 Å². The molecule has 1 saturated heterocycles. The first kappa shape index (κ1) is 19.5. The first-order chi connectivity index (χ1) is 13.3. The van der Waals surface area contributed by atoms with Gasteiger partial charge in [-0.1, -0.05) is 48.5 Å². The van der Waals surface area contributed by atoms with Crippen molar-refractivity contribution in [3.63, 3.8) is 0 Å². The molecule has 0 N–H and O–H groups in total. The second-order valence-electron chi connectivity index (χ2n) is 6.81. The van der Waals surface area contributed by atoms with Gasteiger partial charge >= 0.3 is 0 Å². The Hall–Kier alpha value is -2.27. The summed E-state index contributed by atoms with van der Waals surface area (Å²) in [5.74, 6) is 1.52. The van der Waals surface area contributed by atoms with Gasteiger partial charge in [0.25, 0.3) is 0 Å². The molecule has 142 valence electrons. The van der Waals surface area contributed by atoms with E-state index < -0.39 is 0 Å². The van der Waals surface area contributed by atoms with Crippen molar-refractivity contribution in [3.8, 4) is 0 Å². The number of hydrogen-bond donors (Lipinski definition) is 0. The molecule has 2 aromatic carbocycles. The monoisotopic (exact) mass is 382 g/mol. The summed E-state index contributed by atoms with van der Waals surface area (Å²) in [4.78, 5) is 27.2. The molecular weight excluding hydrogens is 356 g/mol. The maximum absolute atomic E-state index is 12.0. The summed E-state index contributed by atoms with van der Waals surface area (Å²) in [5.41, 5.74) is 1.53. The van der Waals surface area contributed by atoms with Crippen LogP contribution in [0.5, 0.6) is 0 Å². The average Bonchev–Trinajstić information content (AvgIpc) is 3.59. The molecule has 1 saturated carbocycles. The van der Waals surface area contributed by atoms with E-state index in [0.717, 1.165) is 17.2 Å². The van der Waals surface area contributed by atoms with Gasteiger partial charge in [0, 0.05) is 31.1 Å². The van der Waals surface area contributed by atoms with E-state index in [9.17, 15) is 9.59 Å². The van der Waals surface area contributed by atoms with Crippen LogP contribution in [0.25, 0.3) is 0 Å². The lowest BCUT2D eigenvalue weighted by Gasteiger charge is -2.32. The number of hydrogen-bond acceptors (Lipinski definition) is 3. The summed E-state index contributed by atoms with van der Waals surface area (Å²) in [6.07, 6.45) is 3.66. The summed E-state index contributed by atoms with van der Waals surface area (Å²) in [5, 5.41) is 0. The number of piperazine rings is 1. The van der Waals surface area contributed by atoms with E-state index in [2.05, 4.69) is 30.3 Å². The number of carbonyl (C=O) groups excluding carboxylic acids is 2. The van der Waals surface area contributed by atoms with Crippen molar-refractivity contribution in [2.45, 2.75) is 23.7 Å². The van der Waals surface area contributed by atoms with Gasteiger partial charge in [-0.2, -0.15) is 0 Å². The second kappa shape index (κ2) is 10.2. The van der Waals surface area contributed by atoms with Crippen molar-refractivity contribution in [1.82, 2.24) is 9.80 Å². The first-order valence-electron chi connectivity index (χ1n) is 9.46. The Morgan fingerprint density at radius 3 is 2.07 bits per heavy atom. The molecule has 5 heteroatoms. The number of nitrogens with zero attached hydrogens (tertiary/aromatic N) is 2. The molecule has 2 fully saturated rings. The Bertz CT molecular complexity index is 712. The maximum Gasteiger partial charge on any atom is 0.233 e. The van der Waals surface area contributed by atoms with E-state index >= 15 is 0 Å². The molecule has 2 aromatic rings. The zero-order chi connectivity index (χ0) is 18.9. The quantitative estimate of drug-likeness (QED) is 0.585. The van der Waals surface area contributed by atoms with Crippen LogP contribution in [0.3, 0.4) is 0 Å². The summed E-state index contributed by atoms with van der Waals surface area (Å²) < 4.78 is 0. The Labute approximate surface area is 165 Å². The van der Waals surface area contributed by atoms with Crippen LogP contribution >= 0.6 is 11.8 Å². The normalized spacial score (nSPS) is 16.3. The van der Waals surface area contributed by atoms with Gasteiger partial charge in [-0.15, -0.1) is 11.8 Å². The molecule has 0 unspecified atom stereocenters. The molecule has 2 aliphatic rings. The lowest BCUT2D eigenvalue weighted by atomic mass is 10.1. The number of carbonyl (C=O) groups is 2. The molecule has 0 spiro atoms. The summed E-state index contributed by atoms with van der Waals surface area (Å²) in [7, 11) is 0. The highest BCUT2D eigenvalue weighted by Gasteiger charge is 2.22. The van der Waals surface area contributed by atoms with Crippen LogP contribution in [0.2, 0.25) is 0 Å². The van der Waals surface area contributed by atoms with Gasteiger partial charge in [-0.05, 0) is 36.5 Å². The first-order valence-corrected chi connectivity index (χ1v) is 10.4. The zero-order valence-electron chi connectivity index (χ0n) is 15.5. The second-order valence-corrected chi connectivity index (χ2v) is 7.86. The molecule has 4 rings (SSSR count). The highest BCUT2D eigenvalue weighted by Crippen LogP contribution is 2.39. The van der Waals surface area contributed by atoms with Crippen LogP contribution < -0.4 is 0 Å². The Balaban J connectivity index is 0.000000193. The number of thioether (sulfide) groups is 1. The smallest absolute Gasteiger partial charge is 0.233 e. The highest BCUT2D eigenvalue weighted by atomic mass is 32.2. The zero-order valence-corrected chi connectivity index (χ0v) is 16.3. The Morgan fingerprint density at radius 1 is 0.926 bits per heavy atom. The van der Waals surface area contributed by atoms with E-state index in [1.165, 1.54) is 18.4 Å². The van der Waals surface area contributed by atoms with Crippen molar-refractivity contribution < 1.29 is 9.59 Å². The molecule has 0 bridgehead atoms. The minimum atomic E-state index is 0.148. The third-order valence-corrected chi connectivity index (χ3v) is 5.77. The predicted octanol–water partition coefficient (Wildman–Crippen LogP) is 3.64. The molecule has 1 heterocycles. The Kier molecular flexibility index (Phi) is 7.34. The number of benzene rings is 2. The summed E-state index contributed by atoms with van der Waals surface area (Å²) in [6.45, 7) is 2.58. The predicted molar refractivity (Wildman–Crippen MR) is 110 cm³/mol. The fourth-order valence-electron chi connectivity index (χ4n) is 2.97. The van der Waals surface area contributed by atoms with Gasteiger partial charge in [0.2, 0.25) is 12.3 Å². The van der Waals surface area contributed by atoms with E-state index in [1.54, 1.807) is 16.7 Å². The van der Waals surface area contributed by atoms with Crippen LogP contribution in [-0.2, 0) is 9.59 Å². The molecular formula is C22H26N2O2S. The average molecular weight is 383 g/mol. The third-order valence-electron chi connectivity index (χ3n) is 4.77. The van der Waals surface area contributed by atoms with Crippen molar-refractivity contribution in [2.24, 2.45) is 0 Å². The molecule has 0 radical (unpaired) electrons. The van der Waals surface area contributed by atoms with Crippen molar-refractivity contribution in [3.05, 3.63) is 66.2 Å². The fraction of sp³-hybridized carbons (Fsp3) is 0.364. The highest BCUT2D eigenvalue weighted by molar-refractivity contribution is 8.00. The van der Waals surface area contributed by atoms with E-state index in [0.29, 0.717) is 31.9 Å². The maximum atomic E-state index is 12.0. The van der Waals surface area contributed by atoms with Crippen molar-refractivity contribution >= 4 is 24.1 Å². The fourth-order valence-corrected chi connectivity index (χ4v) is 3.79. The van der Waals surface area contributed by atoms with E-state index in [4.69, 9.17) is 0 Å². The SMILES string of the molecule is O=CN1CCN(C(=O)CSc2ccccc2)CC1.c1ccc(C2CC2)cc1. The molecule has 1 aliphatic heterocycles. The van der Waals surface area contributed by atoms with E-state index in [-0.39, 0.29) is 5.91 Å². The Morgan fingerprint density at radius 2 is 1.52 bits per heavy atom. The molecule has 0 aromatic heterocycles. The summed E-state index contributed by atoms with van der Waals surface area (Å²) in [6, 6.07) is 20.7. The molecule has 2 amide bonds. The van der Waals surface area contributed by atoms with Crippen LogP contribution in [0.15, 0.2) is 65.6 Å². The van der Waals surface area contributed by atoms with Crippen molar-refractivity contribution in [1.29, 1.82) is 0 Å². The molecule has 4 nitrogen and oxygen atoms in total. The van der Waals surface area contributed by atoms with Gasteiger partial charge in [0.15, 0.2) is 0 Å². The minimum Gasteiger partial charge on any atom is -0.342 e. The van der Waals surface area contributed by atoms with Gasteiger partial charge in [0.05, 0.1) is 5.75 Å². The van der Waals surface area contributed by atoms with E-state index in [1.807, 2.05) is 35.2 Å². The van der Waals surface area contributed by atoms with Gasteiger partial charge in [0.1, 0.15) is 0 Å². The largest absolute Gasteiger partial charge is 0.342 e. The standard InChI is InChI=1S/C13H16N2O2S.C9H10/c16-11-14-6-8-15(9-7-14)13(17)10-18-12-4-2-1-3-5-12;1-2-4-8(5-3-1)9-6-7-9/h1-5,11H,6-10H2;1-5,9H,6-7H2. The van der Waals surface area contributed by atoms with Gasteiger partial charge < -0.3 is 9.80 Å². The van der Waals surface area contributed by atoms with Crippen LogP contribution in [0, 0.1) is 0 Å². The van der Waals surface area contributed by atoms with Gasteiger partial charge in [-0.3, -0.25) is 9.59 Å². The van der Waals surface area contributed by atoms with Crippen LogP contribution in [0.4, 0.5) is 0 Å². The molecule has 1 aliphatic carbocycles. The number of rotatable bonds is 5. The molecule has 0 atom stereocenters. The third kappa shape index (κ3) is 6.43. The van der Waals surface area contributed by atoms with Crippen LogP contribution in [0.1, 0.15) is 24.3 Å². The summed E-state index contributed by atoms with van der Waals surface area (Å²) >= 11 is 1.55. The van der Waals surface area contributed by atoms with Crippen molar-refractivity contribution in [2.75, 3.05) is 31.9 Å². The lowest BCUT2D eigenvalue weighted by molar-refractivity contribution is -0.132.